The molecule has 0 bridgehead atoms. The van der Waals surface area contributed by atoms with Gasteiger partial charge in [-0.05, 0) is 48.1 Å². The number of hydrogen-bond donors (Lipinski definition) is 2. The Balaban J connectivity index is 1.41. The predicted molar refractivity (Wildman–Crippen MR) is 143 cm³/mol. The summed E-state index contributed by atoms with van der Waals surface area (Å²) in [5.41, 5.74) is 7.50. The van der Waals surface area contributed by atoms with Gasteiger partial charge in [0.25, 0.3) is 0 Å². The number of nitrogens with zero attached hydrogens (tertiary/aromatic N) is 4. The fourth-order valence-corrected chi connectivity index (χ4v) is 6.73. The first-order valence-electron chi connectivity index (χ1n) is 13.4. The van der Waals surface area contributed by atoms with E-state index in [4.69, 9.17) is 4.98 Å². The van der Waals surface area contributed by atoms with Crippen LogP contribution in [0.2, 0.25) is 0 Å². The molecule has 2 aromatic carbocycles. The third kappa shape index (κ3) is 4.01. The van der Waals surface area contributed by atoms with Crippen molar-refractivity contribution in [2.75, 3.05) is 24.5 Å². The number of anilines is 2. The van der Waals surface area contributed by atoms with Crippen LogP contribution in [0.4, 0.5) is 11.5 Å². The van der Waals surface area contributed by atoms with Gasteiger partial charge < -0.3 is 15.3 Å². The fourth-order valence-electron chi connectivity index (χ4n) is 6.73. The number of nitrogens with one attached hydrogen (secondary N) is 1. The van der Waals surface area contributed by atoms with Crippen molar-refractivity contribution in [3.05, 3.63) is 82.8 Å². The summed E-state index contributed by atoms with van der Waals surface area (Å²) in [5, 5.41) is 14.3. The standard InChI is InChI=1S/C30H37N5O/c1-20(2)31-15-23-10-7-11-24-27(23)30(12-13-34(17-30)16-22-8-5-4-6-9-22)18-35(24)29-26-21(3)14-25(36)28(26)32-19-33-29/h4-11,19-21,25,31,36H,12-18H2,1-3H3/t21-,25-,30-/m1/s1. The van der Waals surface area contributed by atoms with Crippen LogP contribution < -0.4 is 10.2 Å². The highest BCUT2D eigenvalue weighted by Gasteiger charge is 2.50. The molecule has 6 heteroatoms. The summed E-state index contributed by atoms with van der Waals surface area (Å²) in [7, 11) is 0. The van der Waals surface area contributed by atoms with Gasteiger partial charge in [0.15, 0.2) is 0 Å². The van der Waals surface area contributed by atoms with Crippen molar-refractivity contribution in [1.82, 2.24) is 20.2 Å². The zero-order valence-electron chi connectivity index (χ0n) is 21.6. The molecule has 6 rings (SSSR count). The van der Waals surface area contributed by atoms with Gasteiger partial charge in [-0.2, -0.15) is 0 Å². The summed E-state index contributed by atoms with van der Waals surface area (Å²) in [5.74, 6) is 1.23. The molecule has 2 aliphatic heterocycles. The first-order valence-corrected chi connectivity index (χ1v) is 13.4. The Bertz CT molecular complexity index is 1250. The van der Waals surface area contributed by atoms with Gasteiger partial charge in [-0.15, -0.1) is 0 Å². The summed E-state index contributed by atoms with van der Waals surface area (Å²) in [6.45, 7) is 11.5. The normalized spacial score (nSPS) is 25.2. The van der Waals surface area contributed by atoms with Crippen LogP contribution in [-0.2, 0) is 18.5 Å². The minimum absolute atomic E-state index is 0.0532. The summed E-state index contributed by atoms with van der Waals surface area (Å²) in [6, 6.07) is 18.0. The minimum atomic E-state index is -0.498. The number of aliphatic hydroxyl groups excluding tert-OH is 1. The molecule has 2 N–H and O–H groups in total. The largest absolute Gasteiger partial charge is 0.387 e. The maximum Gasteiger partial charge on any atom is 0.140 e. The van der Waals surface area contributed by atoms with E-state index in [2.05, 4.69) is 89.4 Å². The number of fused-ring (bicyclic) bond motifs is 3. The van der Waals surface area contributed by atoms with Gasteiger partial charge >= 0.3 is 0 Å². The second-order valence-corrected chi connectivity index (χ2v) is 11.3. The Morgan fingerprint density at radius 2 is 1.92 bits per heavy atom. The molecule has 3 heterocycles. The zero-order chi connectivity index (χ0) is 24.9. The van der Waals surface area contributed by atoms with E-state index in [0.29, 0.717) is 6.04 Å². The molecule has 0 radical (unpaired) electrons. The van der Waals surface area contributed by atoms with E-state index in [1.165, 1.54) is 22.4 Å². The minimum Gasteiger partial charge on any atom is -0.387 e. The van der Waals surface area contributed by atoms with E-state index < -0.39 is 6.10 Å². The van der Waals surface area contributed by atoms with Gasteiger partial charge in [0.2, 0.25) is 0 Å². The molecule has 188 valence electrons. The van der Waals surface area contributed by atoms with Crippen molar-refractivity contribution < 1.29 is 5.11 Å². The molecular formula is C30H37N5O. The van der Waals surface area contributed by atoms with Gasteiger partial charge in [-0.3, -0.25) is 4.90 Å². The molecule has 3 aromatic rings. The summed E-state index contributed by atoms with van der Waals surface area (Å²) >= 11 is 0. The monoisotopic (exact) mass is 483 g/mol. The van der Waals surface area contributed by atoms with Crippen LogP contribution in [0.3, 0.4) is 0 Å². The summed E-state index contributed by atoms with van der Waals surface area (Å²) in [4.78, 5) is 14.4. The third-order valence-corrected chi connectivity index (χ3v) is 8.33. The van der Waals surface area contributed by atoms with Gasteiger partial charge in [-0.1, -0.05) is 63.2 Å². The number of likely N-dealkylation sites (tertiary alicyclic amines) is 1. The van der Waals surface area contributed by atoms with E-state index in [0.717, 1.165) is 62.6 Å². The lowest BCUT2D eigenvalue weighted by atomic mass is 9.79. The second kappa shape index (κ2) is 9.25. The van der Waals surface area contributed by atoms with Crippen molar-refractivity contribution in [3.63, 3.8) is 0 Å². The van der Waals surface area contributed by atoms with Crippen LogP contribution in [-0.4, -0.2) is 45.7 Å². The predicted octanol–water partition coefficient (Wildman–Crippen LogP) is 4.81. The van der Waals surface area contributed by atoms with Crippen LogP contribution in [0.1, 0.15) is 73.6 Å². The Hall–Kier alpha value is -2.80. The van der Waals surface area contributed by atoms with Crippen molar-refractivity contribution in [1.29, 1.82) is 0 Å². The molecule has 1 spiro atoms. The molecule has 6 nitrogen and oxygen atoms in total. The first kappa shape index (κ1) is 23.6. The van der Waals surface area contributed by atoms with Crippen molar-refractivity contribution in [2.45, 2.75) is 70.2 Å². The van der Waals surface area contributed by atoms with Crippen molar-refractivity contribution in [3.8, 4) is 0 Å². The number of rotatable bonds is 6. The molecule has 0 amide bonds. The molecule has 0 saturated carbocycles. The summed E-state index contributed by atoms with van der Waals surface area (Å²) in [6.07, 6.45) is 2.99. The molecule has 0 unspecified atom stereocenters. The summed E-state index contributed by atoms with van der Waals surface area (Å²) < 4.78 is 0. The second-order valence-electron chi connectivity index (χ2n) is 11.3. The molecule has 1 aromatic heterocycles. The van der Waals surface area contributed by atoms with E-state index >= 15 is 0 Å². The Morgan fingerprint density at radius 3 is 2.72 bits per heavy atom. The quantitative estimate of drug-likeness (QED) is 0.525. The topological polar surface area (TPSA) is 64.5 Å². The van der Waals surface area contributed by atoms with Crippen LogP contribution in [0.25, 0.3) is 0 Å². The van der Waals surface area contributed by atoms with E-state index in [9.17, 15) is 5.11 Å². The molecule has 1 fully saturated rings. The van der Waals surface area contributed by atoms with E-state index in [-0.39, 0.29) is 11.3 Å². The van der Waals surface area contributed by atoms with Crippen LogP contribution in [0.5, 0.6) is 0 Å². The molecule has 3 aliphatic rings. The van der Waals surface area contributed by atoms with Gasteiger partial charge in [0.1, 0.15) is 12.1 Å². The van der Waals surface area contributed by atoms with Crippen LogP contribution in [0.15, 0.2) is 54.9 Å². The van der Waals surface area contributed by atoms with Crippen molar-refractivity contribution >= 4 is 11.5 Å². The Labute approximate surface area is 214 Å². The fraction of sp³-hybridized carbons (Fsp3) is 0.467. The molecule has 36 heavy (non-hydrogen) atoms. The van der Waals surface area contributed by atoms with Crippen LogP contribution >= 0.6 is 0 Å². The average molecular weight is 484 g/mol. The smallest absolute Gasteiger partial charge is 0.140 e. The molecule has 1 saturated heterocycles. The molecule has 1 aliphatic carbocycles. The lowest BCUT2D eigenvalue weighted by Crippen LogP contribution is -2.36. The number of aliphatic hydroxyl groups is 1. The van der Waals surface area contributed by atoms with Gasteiger partial charge in [0, 0.05) is 48.9 Å². The van der Waals surface area contributed by atoms with Crippen molar-refractivity contribution in [2.24, 2.45) is 0 Å². The highest BCUT2D eigenvalue weighted by Crippen LogP contribution is 2.53. The number of aromatic nitrogens is 2. The Morgan fingerprint density at radius 1 is 1.08 bits per heavy atom. The highest BCUT2D eigenvalue weighted by atomic mass is 16.3. The van der Waals surface area contributed by atoms with Gasteiger partial charge in [-0.25, -0.2) is 9.97 Å². The van der Waals surface area contributed by atoms with Crippen LogP contribution in [0, 0.1) is 0 Å². The zero-order valence-corrected chi connectivity index (χ0v) is 21.6. The lowest BCUT2D eigenvalue weighted by molar-refractivity contribution is 0.170. The van der Waals surface area contributed by atoms with E-state index in [1.54, 1.807) is 6.33 Å². The maximum absolute atomic E-state index is 10.6. The SMILES string of the molecule is CC(C)NCc1cccc2c1[C@@]1(CCN(Cc3ccccc3)C1)CN2c1ncnc2c1[C@H](C)C[C@H]2O. The maximum atomic E-state index is 10.6. The molecular weight excluding hydrogens is 446 g/mol. The lowest BCUT2D eigenvalue weighted by Gasteiger charge is -2.28. The highest BCUT2D eigenvalue weighted by molar-refractivity contribution is 5.75. The first-order chi connectivity index (χ1) is 17.4. The van der Waals surface area contributed by atoms with E-state index in [1.807, 2.05) is 0 Å². The average Bonchev–Trinajstić information content (AvgIpc) is 3.52. The van der Waals surface area contributed by atoms with Gasteiger partial charge in [0.05, 0.1) is 11.8 Å². The molecule has 3 atom stereocenters. The number of hydrogen-bond acceptors (Lipinski definition) is 6. The Kier molecular flexibility index (Phi) is 6.06. The number of benzene rings is 2. The third-order valence-electron chi connectivity index (χ3n) is 8.33.